The molecule has 2 aromatic heterocycles. The summed E-state index contributed by atoms with van der Waals surface area (Å²) in [6, 6.07) is 6.67. The maximum absolute atomic E-state index is 13.6. The zero-order chi connectivity index (χ0) is 21.9. The number of aromatic nitrogens is 2. The van der Waals surface area contributed by atoms with E-state index in [2.05, 4.69) is 14.2 Å². The first-order chi connectivity index (χ1) is 15.7. The Labute approximate surface area is 191 Å². The summed E-state index contributed by atoms with van der Waals surface area (Å²) in [6.07, 6.45) is 10.9. The van der Waals surface area contributed by atoms with Crippen LogP contribution in [0.25, 0.3) is 5.65 Å². The van der Waals surface area contributed by atoms with E-state index >= 15 is 0 Å². The number of pyridine rings is 1. The Balaban J connectivity index is 1.32. The third kappa shape index (κ3) is 4.56. The zero-order valence-corrected chi connectivity index (χ0v) is 19.2. The first kappa shape index (κ1) is 21.9. The van der Waals surface area contributed by atoms with Crippen LogP contribution >= 0.6 is 0 Å². The Bertz CT molecular complexity index is 914. The van der Waals surface area contributed by atoms with Crippen LogP contribution in [-0.4, -0.2) is 87.0 Å². The van der Waals surface area contributed by atoms with Crippen molar-refractivity contribution >= 4 is 11.6 Å². The van der Waals surface area contributed by atoms with Crippen molar-refractivity contribution in [2.24, 2.45) is 5.92 Å². The van der Waals surface area contributed by atoms with Gasteiger partial charge >= 0.3 is 0 Å². The minimum atomic E-state index is 0.0720. The topological polar surface area (TPSA) is 64.3 Å². The summed E-state index contributed by atoms with van der Waals surface area (Å²) in [4.78, 5) is 25.4. The van der Waals surface area contributed by atoms with Gasteiger partial charge in [-0.25, -0.2) is 4.98 Å². The van der Waals surface area contributed by atoms with Crippen molar-refractivity contribution in [2.75, 3.05) is 45.9 Å². The number of piperazine rings is 1. The summed E-state index contributed by atoms with van der Waals surface area (Å²) in [7, 11) is 0. The number of likely N-dealkylation sites (tertiary alicyclic amines) is 1. The molecule has 0 radical (unpaired) electrons. The van der Waals surface area contributed by atoms with Crippen molar-refractivity contribution in [1.29, 1.82) is 0 Å². The highest BCUT2D eigenvalue weighted by atomic mass is 16.3. The minimum Gasteiger partial charge on any atom is -0.396 e. The molecule has 4 heterocycles. The molecule has 2 aromatic rings. The van der Waals surface area contributed by atoms with Crippen LogP contribution in [0.1, 0.15) is 61.1 Å². The number of imidazole rings is 1. The number of hydrogen-bond acceptors (Lipinski definition) is 5. The molecule has 2 saturated heterocycles. The van der Waals surface area contributed by atoms with Crippen LogP contribution in [0.4, 0.5) is 0 Å². The largest absolute Gasteiger partial charge is 0.396 e. The lowest BCUT2D eigenvalue weighted by atomic mass is 9.94. The first-order valence-corrected chi connectivity index (χ1v) is 12.6. The molecule has 2 aliphatic heterocycles. The second-order valence-electron chi connectivity index (χ2n) is 9.88. The minimum absolute atomic E-state index is 0.0720. The second kappa shape index (κ2) is 9.89. The lowest BCUT2D eigenvalue weighted by Gasteiger charge is -2.40. The van der Waals surface area contributed by atoms with Gasteiger partial charge in [-0.2, -0.15) is 0 Å². The van der Waals surface area contributed by atoms with Gasteiger partial charge in [-0.1, -0.05) is 25.3 Å². The summed E-state index contributed by atoms with van der Waals surface area (Å²) in [5.41, 5.74) is 2.43. The van der Waals surface area contributed by atoms with Crippen molar-refractivity contribution < 1.29 is 9.90 Å². The number of fused-ring (bicyclic) bond motifs is 1. The third-order valence-corrected chi connectivity index (χ3v) is 7.76. The van der Waals surface area contributed by atoms with Gasteiger partial charge in [0.05, 0.1) is 5.69 Å². The number of rotatable bonds is 5. The van der Waals surface area contributed by atoms with Crippen LogP contribution in [0.2, 0.25) is 0 Å². The number of carbonyl (C=O) groups is 1. The summed E-state index contributed by atoms with van der Waals surface area (Å²) in [6.45, 7) is 6.35. The van der Waals surface area contributed by atoms with Crippen LogP contribution in [-0.2, 0) is 6.54 Å². The van der Waals surface area contributed by atoms with Crippen molar-refractivity contribution in [1.82, 2.24) is 24.1 Å². The number of carbonyl (C=O) groups excluding carboxylic acids is 1. The molecule has 174 valence electrons. The van der Waals surface area contributed by atoms with Crippen molar-refractivity contribution in [3.05, 3.63) is 35.8 Å². The Kier molecular flexibility index (Phi) is 6.76. The third-order valence-electron chi connectivity index (χ3n) is 7.76. The lowest BCUT2D eigenvalue weighted by Crippen LogP contribution is -2.52. The van der Waals surface area contributed by atoms with E-state index in [1.807, 2.05) is 29.3 Å². The van der Waals surface area contributed by atoms with Gasteiger partial charge in [-0.3, -0.25) is 14.6 Å². The molecule has 1 saturated carbocycles. The molecule has 7 nitrogen and oxygen atoms in total. The monoisotopic (exact) mass is 439 g/mol. The highest BCUT2D eigenvalue weighted by molar-refractivity contribution is 5.94. The van der Waals surface area contributed by atoms with Crippen LogP contribution in [0.5, 0.6) is 0 Å². The van der Waals surface area contributed by atoms with Crippen LogP contribution in [0.15, 0.2) is 24.4 Å². The van der Waals surface area contributed by atoms with Crippen LogP contribution in [0, 0.1) is 5.92 Å². The van der Waals surface area contributed by atoms with Gasteiger partial charge in [0.15, 0.2) is 5.69 Å². The zero-order valence-electron chi connectivity index (χ0n) is 19.2. The van der Waals surface area contributed by atoms with E-state index in [0.717, 1.165) is 63.5 Å². The molecule has 0 unspecified atom stereocenters. The number of nitrogens with zero attached hydrogens (tertiary/aromatic N) is 5. The second-order valence-corrected chi connectivity index (χ2v) is 9.88. The van der Waals surface area contributed by atoms with Gasteiger partial charge in [-0.15, -0.1) is 0 Å². The van der Waals surface area contributed by atoms with Crippen molar-refractivity contribution in [3.8, 4) is 0 Å². The van der Waals surface area contributed by atoms with Gasteiger partial charge in [0.2, 0.25) is 0 Å². The first-order valence-electron chi connectivity index (χ1n) is 12.6. The predicted octanol–water partition coefficient (Wildman–Crippen LogP) is 2.63. The maximum Gasteiger partial charge on any atom is 0.274 e. The molecular formula is C25H37N5O2. The summed E-state index contributed by atoms with van der Waals surface area (Å²) >= 11 is 0. The SMILES string of the molecule is O=C(c1nc2ccccn2c1CN1CCC[C@@H](CO)C1)N1CCN(C2CCCCC2)CC1. The van der Waals surface area contributed by atoms with Crippen molar-refractivity contribution in [2.45, 2.75) is 57.5 Å². The van der Waals surface area contributed by atoms with E-state index in [0.29, 0.717) is 24.2 Å². The normalized spacial score (nSPS) is 24.3. The Morgan fingerprint density at radius 1 is 1.00 bits per heavy atom. The number of piperidine rings is 1. The van der Waals surface area contributed by atoms with E-state index in [1.54, 1.807) is 0 Å². The fourth-order valence-corrected chi connectivity index (χ4v) is 5.91. The molecule has 1 atom stereocenters. The lowest BCUT2D eigenvalue weighted by molar-refractivity contribution is 0.0515. The number of amides is 1. The average Bonchev–Trinajstić information content (AvgIpc) is 3.22. The van der Waals surface area contributed by atoms with E-state index in [4.69, 9.17) is 4.98 Å². The van der Waals surface area contributed by atoms with Crippen LogP contribution in [0.3, 0.4) is 0 Å². The number of aliphatic hydroxyl groups is 1. The van der Waals surface area contributed by atoms with Gasteiger partial charge in [-0.05, 0) is 50.3 Å². The summed E-state index contributed by atoms with van der Waals surface area (Å²) < 4.78 is 2.08. The molecule has 7 heteroatoms. The van der Waals surface area contributed by atoms with E-state index in [-0.39, 0.29) is 12.5 Å². The summed E-state index contributed by atoms with van der Waals surface area (Å²) in [5.74, 6) is 0.401. The van der Waals surface area contributed by atoms with Crippen molar-refractivity contribution in [3.63, 3.8) is 0 Å². The Morgan fingerprint density at radius 3 is 2.59 bits per heavy atom. The molecule has 32 heavy (non-hydrogen) atoms. The molecule has 0 spiro atoms. The van der Waals surface area contributed by atoms with Gasteiger partial charge in [0.1, 0.15) is 5.65 Å². The van der Waals surface area contributed by atoms with E-state index < -0.39 is 0 Å². The van der Waals surface area contributed by atoms with E-state index in [9.17, 15) is 9.90 Å². The Hall–Kier alpha value is -1.96. The van der Waals surface area contributed by atoms with E-state index in [1.165, 1.54) is 32.1 Å². The maximum atomic E-state index is 13.6. The molecular weight excluding hydrogens is 402 g/mol. The quantitative estimate of drug-likeness (QED) is 0.776. The van der Waals surface area contributed by atoms with Gasteiger partial charge in [0, 0.05) is 58.1 Å². The molecule has 3 fully saturated rings. The molecule has 5 rings (SSSR count). The average molecular weight is 440 g/mol. The van der Waals surface area contributed by atoms with Gasteiger partial charge in [0.25, 0.3) is 5.91 Å². The highest BCUT2D eigenvalue weighted by Gasteiger charge is 2.31. The molecule has 3 aliphatic rings. The molecule has 1 N–H and O–H groups in total. The standard InChI is InChI=1S/C25H37N5O2/c31-19-20-7-6-11-27(17-20)18-22-24(26-23-10-4-5-12-30(22)23)25(32)29-15-13-28(14-16-29)21-8-2-1-3-9-21/h4-5,10,12,20-21,31H,1-3,6-9,11,13-19H2/t20-/m1/s1. The summed E-state index contributed by atoms with van der Waals surface area (Å²) in [5, 5.41) is 9.63. The highest BCUT2D eigenvalue weighted by Crippen LogP contribution is 2.25. The number of aliphatic hydroxyl groups excluding tert-OH is 1. The molecule has 1 aliphatic carbocycles. The predicted molar refractivity (Wildman–Crippen MR) is 125 cm³/mol. The smallest absolute Gasteiger partial charge is 0.274 e. The van der Waals surface area contributed by atoms with Gasteiger partial charge < -0.3 is 14.4 Å². The fourth-order valence-electron chi connectivity index (χ4n) is 5.91. The molecule has 1 amide bonds. The fraction of sp³-hybridized carbons (Fsp3) is 0.680. The number of hydrogen-bond donors (Lipinski definition) is 1. The molecule has 0 bridgehead atoms. The molecule has 0 aromatic carbocycles. The Morgan fingerprint density at radius 2 is 1.81 bits per heavy atom. The van der Waals surface area contributed by atoms with Crippen LogP contribution < -0.4 is 0 Å².